The monoisotopic (exact) mass is 432 g/mol. The van der Waals surface area contributed by atoms with Gasteiger partial charge in [-0.15, -0.1) is 0 Å². The number of fused-ring (bicyclic) bond motifs is 3. The lowest BCUT2D eigenvalue weighted by atomic mass is 10.1. The number of hydrogen-bond donors (Lipinski definition) is 2. The number of quaternary nitrogens is 1. The van der Waals surface area contributed by atoms with Gasteiger partial charge in [0.05, 0.1) is 26.5 Å². The SMILES string of the molecule is COc1ccc(/C=N\n2cnc3c([nH]c4ccc(C)cc43)c2=O)cc1C[NH+]1CCOCC1. The van der Waals surface area contributed by atoms with Gasteiger partial charge in [0.15, 0.2) is 0 Å². The summed E-state index contributed by atoms with van der Waals surface area (Å²) in [5.41, 5.74) is 4.91. The Labute approximate surface area is 185 Å². The molecule has 2 N–H and O–H groups in total. The molecule has 0 unspecified atom stereocenters. The summed E-state index contributed by atoms with van der Waals surface area (Å²) in [6.45, 7) is 6.40. The van der Waals surface area contributed by atoms with Gasteiger partial charge in [0.2, 0.25) is 0 Å². The third-order valence-corrected chi connectivity index (χ3v) is 5.92. The lowest BCUT2D eigenvalue weighted by Crippen LogP contribution is -3.12. The Morgan fingerprint density at radius 3 is 2.91 bits per heavy atom. The van der Waals surface area contributed by atoms with Crippen molar-refractivity contribution in [2.24, 2.45) is 5.10 Å². The largest absolute Gasteiger partial charge is 0.496 e. The van der Waals surface area contributed by atoms with Crippen LogP contribution in [0, 0.1) is 6.92 Å². The van der Waals surface area contributed by atoms with E-state index in [1.54, 1.807) is 13.3 Å². The Morgan fingerprint density at radius 1 is 1.25 bits per heavy atom. The molecule has 2 aromatic heterocycles. The van der Waals surface area contributed by atoms with E-state index in [0.29, 0.717) is 11.0 Å². The van der Waals surface area contributed by atoms with Crippen LogP contribution in [0.15, 0.2) is 52.6 Å². The minimum Gasteiger partial charge on any atom is -0.496 e. The second-order valence-corrected chi connectivity index (χ2v) is 8.15. The highest BCUT2D eigenvalue weighted by atomic mass is 16.5. The van der Waals surface area contributed by atoms with Crippen LogP contribution in [0.5, 0.6) is 5.75 Å². The summed E-state index contributed by atoms with van der Waals surface area (Å²) in [5, 5.41) is 5.33. The summed E-state index contributed by atoms with van der Waals surface area (Å²) >= 11 is 0. The van der Waals surface area contributed by atoms with Crippen LogP contribution in [0.25, 0.3) is 21.9 Å². The highest BCUT2D eigenvalue weighted by molar-refractivity contribution is 6.04. The fourth-order valence-electron chi connectivity index (χ4n) is 4.19. The van der Waals surface area contributed by atoms with E-state index in [-0.39, 0.29) is 5.56 Å². The van der Waals surface area contributed by atoms with E-state index in [1.807, 2.05) is 37.3 Å². The molecule has 8 nitrogen and oxygen atoms in total. The predicted octanol–water partition coefficient (Wildman–Crippen LogP) is 1.49. The number of ether oxygens (including phenoxy) is 2. The van der Waals surface area contributed by atoms with Crippen molar-refractivity contribution >= 4 is 28.2 Å². The molecule has 8 heteroatoms. The quantitative estimate of drug-likeness (QED) is 0.468. The van der Waals surface area contributed by atoms with Gasteiger partial charge in [0.25, 0.3) is 5.56 Å². The van der Waals surface area contributed by atoms with Crippen LogP contribution in [-0.4, -0.2) is 54.3 Å². The van der Waals surface area contributed by atoms with E-state index in [4.69, 9.17) is 9.47 Å². The molecular formula is C24H26N5O3+. The number of aromatic amines is 1. The molecule has 0 bridgehead atoms. The first-order chi connectivity index (χ1) is 15.6. The molecule has 5 rings (SSSR count). The summed E-state index contributed by atoms with van der Waals surface area (Å²) in [4.78, 5) is 22.1. The average Bonchev–Trinajstić information content (AvgIpc) is 3.18. The molecule has 164 valence electrons. The normalized spacial score (nSPS) is 15.2. The van der Waals surface area contributed by atoms with Gasteiger partial charge in [-0.25, -0.2) is 4.98 Å². The summed E-state index contributed by atoms with van der Waals surface area (Å²) in [6, 6.07) is 11.9. The van der Waals surface area contributed by atoms with Crippen LogP contribution >= 0.6 is 0 Å². The maximum absolute atomic E-state index is 13.0. The molecule has 32 heavy (non-hydrogen) atoms. The van der Waals surface area contributed by atoms with E-state index in [0.717, 1.165) is 66.2 Å². The second-order valence-electron chi connectivity index (χ2n) is 8.15. The smallest absolute Gasteiger partial charge is 0.298 e. The number of nitrogens with zero attached hydrogens (tertiary/aromatic N) is 3. The Bertz CT molecular complexity index is 1370. The minimum atomic E-state index is -0.230. The van der Waals surface area contributed by atoms with Gasteiger partial charge in [0.1, 0.15) is 42.7 Å². The molecule has 1 aliphatic rings. The standard InChI is InChI=1S/C24H25N5O3/c1-16-3-5-20-19(11-16)22-23(27-20)24(30)29(15-25-22)26-13-17-4-6-21(31-2)18(12-17)14-28-7-9-32-10-8-28/h3-6,11-13,15,27H,7-10,14H2,1-2H3/p+1/b26-13-. The van der Waals surface area contributed by atoms with E-state index in [2.05, 4.69) is 21.1 Å². The molecule has 0 radical (unpaired) electrons. The molecule has 3 heterocycles. The summed E-state index contributed by atoms with van der Waals surface area (Å²) < 4.78 is 12.3. The first kappa shape index (κ1) is 20.4. The number of rotatable bonds is 5. The molecule has 0 amide bonds. The van der Waals surface area contributed by atoms with Gasteiger partial charge in [-0.3, -0.25) is 4.79 Å². The molecule has 1 fully saturated rings. The zero-order valence-electron chi connectivity index (χ0n) is 18.2. The van der Waals surface area contributed by atoms with Crippen LogP contribution in [-0.2, 0) is 11.3 Å². The van der Waals surface area contributed by atoms with Gasteiger partial charge >= 0.3 is 0 Å². The number of methoxy groups -OCH3 is 1. The van der Waals surface area contributed by atoms with Crippen molar-refractivity contribution in [3.8, 4) is 5.75 Å². The molecule has 0 saturated carbocycles. The molecule has 0 atom stereocenters. The van der Waals surface area contributed by atoms with E-state index < -0.39 is 0 Å². The van der Waals surface area contributed by atoms with Crippen LogP contribution in [0.3, 0.4) is 0 Å². The number of benzene rings is 2. The van der Waals surface area contributed by atoms with E-state index in [1.165, 1.54) is 15.9 Å². The maximum atomic E-state index is 13.0. The summed E-state index contributed by atoms with van der Waals surface area (Å²) in [7, 11) is 1.68. The number of nitrogens with one attached hydrogen (secondary N) is 2. The molecule has 0 spiro atoms. The van der Waals surface area contributed by atoms with Crippen molar-refractivity contribution in [3.63, 3.8) is 0 Å². The Morgan fingerprint density at radius 2 is 2.09 bits per heavy atom. The average molecular weight is 433 g/mol. The maximum Gasteiger partial charge on any atom is 0.298 e. The van der Waals surface area contributed by atoms with Gasteiger partial charge < -0.3 is 19.4 Å². The number of hydrogen-bond acceptors (Lipinski definition) is 5. The number of aromatic nitrogens is 3. The van der Waals surface area contributed by atoms with Crippen LogP contribution in [0.2, 0.25) is 0 Å². The minimum absolute atomic E-state index is 0.230. The number of morpholine rings is 1. The highest BCUT2D eigenvalue weighted by Gasteiger charge is 2.17. The molecular weight excluding hydrogens is 406 g/mol. The number of H-pyrrole nitrogens is 1. The summed E-state index contributed by atoms with van der Waals surface area (Å²) in [5.74, 6) is 0.856. The predicted molar refractivity (Wildman–Crippen MR) is 124 cm³/mol. The van der Waals surface area contributed by atoms with Crippen molar-refractivity contribution < 1.29 is 14.4 Å². The van der Waals surface area contributed by atoms with Gasteiger partial charge in [0, 0.05) is 16.5 Å². The molecule has 1 saturated heterocycles. The Kier molecular flexibility index (Phi) is 5.46. The summed E-state index contributed by atoms with van der Waals surface area (Å²) in [6.07, 6.45) is 3.15. The first-order valence-electron chi connectivity index (χ1n) is 10.7. The zero-order chi connectivity index (χ0) is 22.1. The van der Waals surface area contributed by atoms with Crippen molar-refractivity contribution in [2.45, 2.75) is 13.5 Å². The van der Waals surface area contributed by atoms with Crippen LogP contribution in [0.4, 0.5) is 0 Å². The third-order valence-electron chi connectivity index (χ3n) is 5.92. The fourth-order valence-corrected chi connectivity index (χ4v) is 4.19. The molecule has 4 aromatic rings. The highest BCUT2D eigenvalue weighted by Crippen LogP contribution is 2.22. The van der Waals surface area contributed by atoms with E-state index >= 15 is 0 Å². The molecule has 1 aliphatic heterocycles. The van der Waals surface area contributed by atoms with Gasteiger partial charge in [-0.1, -0.05) is 11.6 Å². The van der Waals surface area contributed by atoms with Gasteiger partial charge in [-0.05, 0) is 42.8 Å². The zero-order valence-corrected chi connectivity index (χ0v) is 18.2. The lowest BCUT2D eigenvalue weighted by Gasteiger charge is -2.24. The topological polar surface area (TPSA) is 85.9 Å². The Balaban J connectivity index is 1.45. The fraction of sp³-hybridized carbons (Fsp3) is 0.292. The second kappa shape index (κ2) is 8.57. The third kappa shape index (κ3) is 3.90. The Hall–Kier alpha value is -3.49. The molecule has 0 aliphatic carbocycles. The van der Waals surface area contributed by atoms with Crippen LogP contribution in [0.1, 0.15) is 16.7 Å². The van der Waals surface area contributed by atoms with Gasteiger partial charge in [-0.2, -0.15) is 9.78 Å². The first-order valence-corrected chi connectivity index (χ1v) is 10.7. The van der Waals surface area contributed by atoms with Crippen molar-refractivity contribution in [3.05, 3.63) is 69.8 Å². The van der Waals surface area contributed by atoms with Crippen molar-refractivity contribution in [2.75, 3.05) is 33.4 Å². The van der Waals surface area contributed by atoms with Crippen molar-refractivity contribution in [1.82, 2.24) is 14.6 Å². The molecule has 2 aromatic carbocycles. The van der Waals surface area contributed by atoms with E-state index in [9.17, 15) is 4.79 Å². The number of aryl methyl sites for hydroxylation is 1. The van der Waals surface area contributed by atoms with Crippen molar-refractivity contribution in [1.29, 1.82) is 0 Å². The lowest BCUT2D eigenvalue weighted by molar-refractivity contribution is -0.921. The van der Waals surface area contributed by atoms with Crippen LogP contribution < -0.4 is 15.2 Å².